The Balaban J connectivity index is 1.56. The molecule has 37 heavy (non-hydrogen) atoms. The van der Waals surface area contributed by atoms with Crippen LogP contribution < -0.4 is 20.7 Å². The number of hydrogen-bond donors (Lipinski definition) is 4. The van der Waals surface area contributed by atoms with Crippen molar-refractivity contribution >= 4 is 49.6 Å². The van der Waals surface area contributed by atoms with Crippen LogP contribution in [-0.2, 0) is 11.3 Å². The van der Waals surface area contributed by atoms with Crippen molar-refractivity contribution in [2.75, 3.05) is 45.3 Å². The van der Waals surface area contributed by atoms with E-state index >= 15 is 0 Å². The van der Waals surface area contributed by atoms with Crippen molar-refractivity contribution in [1.82, 2.24) is 25.2 Å². The van der Waals surface area contributed by atoms with Gasteiger partial charge in [0.25, 0.3) is 5.91 Å². The number of halogens is 3. The molecule has 0 radical (unpaired) electrons. The van der Waals surface area contributed by atoms with E-state index in [-0.39, 0.29) is 31.5 Å². The number of nitrogens with zero attached hydrogens (tertiary/aromatic N) is 3. The van der Waals surface area contributed by atoms with Gasteiger partial charge in [-0.2, -0.15) is 0 Å². The summed E-state index contributed by atoms with van der Waals surface area (Å²) in [6, 6.07) is 9.15. The second-order valence-electron chi connectivity index (χ2n) is 7.81. The number of benzene rings is 2. The molecule has 198 valence electrons. The van der Waals surface area contributed by atoms with Crippen LogP contribution in [0.4, 0.5) is 24.3 Å². The largest absolute Gasteiger partial charge is 0.573 e. The summed E-state index contributed by atoms with van der Waals surface area (Å²) in [6.07, 6.45) is -4.78. The normalized spacial score (nSPS) is 11.8. The van der Waals surface area contributed by atoms with Crippen LogP contribution >= 0.6 is 11.3 Å². The summed E-state index contributed by atoms with van der Waals surface area (Å²) in [5.74, 6) is -0.120. The lowest BCUT2D eigenvalue weighted by Crippen LogP contribution is -2.27. The summed E-state index contributed by atoms with van der Waals surface area (Å²) in [6.45, 7) is 1.92. The lowest BCUT2D eigenvalue weighted by Gasteiger charge is -2.09. The number of likely N-dealkylation sites (N-methyl/N-ethyl adjacent to an activating group) is 1. The van der Waals surface area contributed by atoms with Crippen molar-refractivity contribution in [3.8, 4) is 5.75 Å². The molecule has 10 nitrogen and oxygen atoms in total. The summed E-state index contributed by atoms with van der Waals surface area (Å²) in [5.41, 5.74) is 2.32. The Labute approximate surface area is 213 Å². The molecular formula is C23H25F3N6O4S. The first-order valence-corrected chi connectivity index (χ1v) is 12.1. The topological polar surface area (TPSA) is 123 Å². The van der Waals surface area contributed by atoms with Crippen molar-refractivity contribution in [2.45, 2.75) is 12.9 Å². The Morgan fingerprint density at radius 3 is 2.70 bits per heavy atom. The maximum absolute atomic E-state index is 12.6. The lowest BCUT2D eigenvalue weighted by molar-refractivity contribution is -0.274. The minimum atomic E-state index is -4.78. The van der Waals surface area contributed by atoms with E-state index in [0.717, 1.165) is 5.52 Å². The molecule has 0 fully saturated rings. The van der Waals surface area contributed by atoms with E-state index < -0.39 is 6.36 Å². The first kappa shape index (κ1) is 26.6. The number of ether oxygens (including phenoxy) is 2. The molecule has 0 atom stereocenters. The molecular weight excluding hydrogens is 513 g/mol. The molecule has 2 aromatic heterocycles. The number of carbonyl (C=O) groups excluding carboxylic acids is 1. The molecule has 0 aliphatic carbocycles. The third kappa shape index (κ3) is 6.85. The second-order valence-corrected chi connectivity index (χ2v) is 8.84. The first-order valence-electron chi connectivity index (χ1n) is 11.3. The van der Waals surface area contributed by atoms with Gasteiger partial charge in [-0.05, 0) is 37.4 Å². The van der Waals surface area contributed by atoms with Gasteiger partial charge in [-0.1, -0.05) is 11.3 Å². The number of amides is 1. The maximum atomic E-state index is 12.6. The highest BCUT2D eigenvalue weighted by Gasteiger charge is 2.31. The Morgan fingerprint density at radius 1 is 1.11 bits per heavy atom. The van der Waals surface area contributed by atoms with Crippen LogP contribution in [0.3, 0.4) is 0 Å². The maximum Gasteiger partial charge on any atom is 0.573 e. The number of nitrogens with one attached hydrogen (secondary N) is 3. The van der Waals surface area contributed by atoms with Crippen LogP contribution in [0.2, 0.25) is 0 Å². The minimum Gasteiger partial charge on any atom is -0.406 e. The summed E-state index contributed by atoms with van der Waals surface area (Å²) >= 11 is 1.17. The van der Waals surface area contributed by atoms with Crippen molar-refractivity contribution in [3.63, 3.8) is 0 Å². The predicted octanol–water partition coefficient (Wildman–Crippen LogP) is 3.25. The molecule has 0 spiro atoms. The molecule has 0 aliphatic rings. The van der Waals surface area contributed by atoms with Crippen LogP contribution in [-0.4, -0.2) is 71.9 Å². The average Bonchev–Trinajstić information content (AvgIpc) is 3.40. The van der Waals surface area contributed by atoms with Crippen molar-refractivity contribution in [3.05, 3.63) is 42.0 Å². The van der Waals surface area contributed by atoms with E-state index in [1.807, 2.05) is 11.6 Å². The van der Waals surface area contributed by atoms with E-state index in [2.05, 4.69) is 30.7 Å². The number of rotatable bonds is 12. The number of carbonyl (C=O) groups is 1. The van der Waals surface area contributed by atoms with Gasteiger partial charge in [0.05, 0.1) is 41.1 Å². The predicted molar refractivity (Wildman–Crippen MR) is 133 cm³/mol. The molecule has 4 aromatic rings. The third-order valence-corrected chi connectivity index (χ3v) is 6.11. The first-order chi connectivity index (χ1) is 17.8. The number of aliphatic hydroxyl groups is 1. The molecule has 0 unspecified atom stereocenters. The van der Waals surface area contributed by atoms with Crippen molar-refractivity contribution in [2.24, 2.45) is 0 Å². The highest BCUT2D eigenvalue weighted by molar-refractivity contribution is 7.22. The van der Waals surface area contributed by atoms with Gasteiger partial charge in [-0.25, -0.2) is 9.97 Å². The molecule has 0 bridgehead atoms. The Bertz CT molecular complexity index is 1370. The molecule has 0 saturated heterocycles. The van der Waals surface area contributed by atoms with Crippen molar-refractivity contribution in [1.29, 1.82) is 0 Å². The van der Waals surface area contributed by atoms with Crippen molar-refractivity contribution < 1.29 is 32.5 Å². The van der Waals surface area contributed by atoms with Gasteiger partial charge >= 0.3 is 6.36 Å². The van der Waals surface area contributed by atoms with Gasteiger partial charge in [0.1, 0.15) is 5.75 Å². The molecule has 2 aromatic carbocycles. The van der Waals surface area contributed by atoms with Crippen LogP contribution in [0.25, 0.3) is 21.3 Å². The number of imidazole rings is 1. The van der Waals surface area contributed by atoms with Gasteiger partial charge in [0.2, 0.25) is 5.95 Å². The monoisotopic (exact) mass is 538 g/mol. The van der Waals surface area contributed by atoms with E-state index in [4.69, 9.17) is 9.84 Å². The summed E-state index contributed by atoms with van der Waals surface area (Å²) in [4.78, 5) is 21.6. The Hall–Kier alpha value is -3.46. The van der Waals surface area contributed by atoms with E-state index in [1.165, 1.54) is 29.5 Å². The molecule has 1 amide bonds. The molecule has 0 aliphatic heterocycles. The average molecular weight is 539 g/mol. The summed E-state index contributed by atoms with van der Waals surface area (Å²) in [5, 5.41) is 18.2. The summed E-state index contributed by atoms with van der Waals surface area (Å²) in [7, 11) is 1.83. The van der Waals surface area contributed by atoms with Crippen LogP contribution in [0.1, 0.15) is 10.4 Å². The van der Waals surface area contributed by atoms with E-state index in [9.17, 15) is 18.0 Å². The third-order valence-electron chi connectivity index (χ3n) is 5.18. The number of alkyl halides is 3. The Kier molecular flexibility index (Phi) is 8.43. The lowest BCUT2D eigenvalue weighted by atomic mass is 10.2. The van der Waals surface area contributed by atoms with Crippen LogP contribution in [0, 0.1) is 0 Å². The quantitative estimate of drug-likeness (QED) is 0.203. The number of aliphatic hydroxyl groups excluding tert-OH is 1. The SMILES string of the molecule is CNCCn1c(Nc2nc3ccc(OC(F)(F)F)cc3s2)nc2cc(C(=O)NCCOCCO)ccc21. The number of anilines is 2. The van der Waals surface area contributed by atoms with Crippen LogP contribution in [0.15, 0.2) is 36.4 Å². The molecule has 4 rings (SSSR count). The smallest absolute Gasteiger partial charge is 0.406 e. The fraction of sp³-hybridized carbons (Fsp3) is 0.348. The number of thiazole rings is 1. The standard InChI is InChI=1S/C23H25F3N6O4S/c1-27-6-8-32-18-5-2-14(20(34)28-7-10-35-11-9-33)12-17(18)29-21(32)31-22-30-16-4-3-15(13-19(16)37-22)36-23(24,25)26/h2-5,12-13,27,33H,6-11H2,1H3,(H,28,34)(H,29,30,31). The fourth-order valence-electron chi connectivity index (χ4n) is 3.57. The van der Waals surface area contributed by atoms with E-state index in [1.54, 1.807) is 18.2 Å². The van der Waals surface area contributed by atoms with Gasteiger partial charge in [-0.3, -0.25) is 4.79 Å². The molecule has 0 saturated carbocycles. The second kappa shape index (κ2) is 11.7. The number of hydrogen-bond acceptors (Lipinski definition) is 9. The zero-order valence-electron chi connectivity index (χ0n) is 19.8. The highest BCUT2D eigenvalue weighted by atomic mass is 32.1. The molecule has 14 heteroatoms. The minimum absolute atomic E-state index is 0.0816. The number of aromatic nitrogens is 3. The highest BCUT2D eigenvalue weighted by Crippen LogP contribution is 2.33. The molecule has 2 heterocycles. The fourth-order valence-corrected chi connectivity index (χ4v) is 4.46. The summed E-state index contributed by atoms with van der Waals surface area (Å²) < 4.78 is 49.3. The van der Waals surface area contributed by atoms with Gasteiger partial charge in [0, 0.05) is 31.3 Å². The number of fused-ring (bicyclic) bond motifs is 2. The van der Waals surface area contributed by atoms with Gasteiger partial charge < -0.3 is 35.1 Å². The van der Waals surface area contributed by atoms with Crippen LogP contribution in [0.5, 0.6) is 5.75 Å². The van der Waals surface area contributed by atoms with Gasteiger partial charge in [0.15, 0.2) is 5.13 Å². The van der Waals surface area contributed by atoms with E-state index in [0.29, 0.717) is 52.0 Å². The molecule has 4 N–H and O–H groups in total. The van der Waals surface area contributed by atoms with Gasteiger partial charge in [-0.15, -0.1) is 13.2 Å². The zero-order chi connectivity index (χ0) is 26.4. The Morgan fingerprint density at radius 2 is 1.95 bits per heavy atom. The zero-order valence-corrected chi connectivity index (χ0v) is 20.6.